The summed E-state index contributed by atoms with van der Waals surface area (Å²) < 4.78 is 6.03. The van der Waals surface area contributed by atoms with E-state index < -0.39 is 0 Å². The molecule has 29 heavy (non-hydrogen) atoms. The molecule has 0 N–H and O–H groups in total. The minimum absolute atomic E-state index is 0.187. The second-order valence-corrected chi connectivity index (χ2v) is 7.92. The maximum atomic E-state index is 6.03. The monoisotopic (exact) mass is 386 g/mol. The first kappa shape index (κ1) is 19.5. The van der Waals surface area contributed by atoms with E-state index in [0.29, 0.717) is 0 Å². The van der Waals surface area contributed by atoms with Gasteiger partial charge in [-0.2, -0.15) is 0 Å². The molecule has 3 heteroatoms. The molecular formula is C26H30N2O. The Labute approximate surface area is 174 Å². The fourth-order valence-corrected chi connectivity index (χ4v) is 4.02. The SMILES string of the molecule is CC(C)Oc1ccccc1N1CCN(Cc2ccccc2-c2ccccc2)CC1. The van der Waals surface area contributed by atoms with Crippen molar-refractivity contribution in [3.05, 3.63) is 84.4 Å². The topological polar surface area (TPSA) is 15.7 Å². The van der Waals surface area contributed by atoms with Gasteiger partial charge in [0.15, 0.2) is 0 Å². The molecule has 1 aliphatic rings. The third kappa shape index (κ3) is 4.80. The largest absolute Gasteiger partial charge is 0.489 e. The molecule has 0 bridgehead atoms. The molecule has 3 nitrogen and oxygen atoms in total. The second kappa shape index (κ2) is 9.15. The van der Waals surface area contributed by atoms with Gasteiger partial charge in [0.2, 0.25) is 0 Å². The van der Waals surface area contributed by atoms with Crippen molar-refractivity contribution >= 4 is 5.69 Å². The lowest BCUT2D eigenvalue weighted by Crippen LogP contribution is -2.46. The van der Waals surface area contributed by atoms with Crippen molar-refractivity contribution < 1.29 is 4.74 Å². The van der Waals surface area contributed by atoms with Crippen LogP contribution in [0.3, 0.4) is 0 Å². The smallest absolute Gasteiger partial charge is 0.142 e. The summed E-state index contributed by atoms with van der Waals surface area (Å²) in [5, 5.41) is 0. The van der Waals surface area contributed by atoms with E-state index in [1.165, 1.54) is 22.4 Å². The summed E-state index contributed by atoms with van der Waals surface area (Å²) in [4.78, 5) is 5.02. The standard InChI is InChI=1S/C26H30N2O/c1-21(2)29-26-15-9-8-14-25(26)28-18-16-27(17-19-28)20-23-12-6-7-13-24(23)22-10-4-3-5-11-22/h3-15,21H,16-20H2,1-2H3. The van der Waals surface area contributed by atoms with E-state index in [0.717, 1.165) is 38.5 Å². The van der Waals surface area contributed by atoms with Crippen LogP contribution >= 0.6 is 0 Å². The molecule has 1 heterocycles. The molecule has 0 aliphatic carbocycles. The quantitative estimate of drug-likeness (QED) is 0.559. The predicted molar refractivity (Wildman–Crippen MR) is 122 cm³/mol. The van der Waals surface area contributed by atoms with Crippen LogP contribution in [0.4, 0.5) is 5.69 Å². The van der Waals surface area contributed by atoms with E-state index in [-0.39, 0.29) is 6.10 Å². The average molecular weight is 387 g/mol. The molecule has 0 amide bonds. The Morgan fingerprint density at radius 2 is 1.41 bits per heavy atom. The summed E-state index contributed by atoms with van der Waals surface area (Å²) in [7, 11) is 0. The molecular weight excluding hydrogens is 356 g/mol. The van der Waals surface area contributed by atoms with Gasteiger partial charge in [0.1, 0.15) is 5.75 Å². The lowest BCUT2D eigenvalue weighted by Gasteiger charge is -2.37. The Morgan fingerprint density at radius 3 is 2.17 bits per heavy atom. The van der Waals surface area contributed by atoms with Crippen molar-refractivity contribution in [3.63, 3.8) is 0 Å². The first-order valence-electron chi connectivity index (χ1n) is 10.6. The first-order chi connectivity index (χ1) is 14.2. The van der Waals surface area contributed by atoms with Crippen LogP contribution in [0.15, 0.2) is 78.9 Å². The zero-order valence-corrected chi connectivity index (χ0v) is 17.4. The van der Waals surface area contributed by atoms with Crippen LogP contribution in [-0.2, 0) is 6.54 Å². The van der Waals surface area contributed by atoms with Gasteiger partial charge < -0.3 is 9.64 Å². The second-order valence-electron chi connectivity index (χ2n) is 7.92. The Kier molecular flexibility index (Phi) is 6.16. The van der Waals surface area contributed by atoms with E-state index in [1.807, 2.05) is 0 Å². The predicted octanol–water partition coefficient (Wildman–Crippen LogP) is 5.46. The lowest BCUT2D eigenvalue weighted by atomic mass is 9.99. The van der Waals surface area contributed by atoms with E-state index in [2.05, 4.69) is 103 Å². The summed E-state index contributed by atoms with van der Waals surface area (Å²) in [6, 6.07) is 27.9. The summed E-state index contributed by atoms with van der Waals surface area (Å²) in [5.41, 5.74) is 5.24. The molecule has 0 spiro atoms. The van der Waals surface area contributed by atoms with Gasteiger partial charge in [-0.3, -0.25) is 4.90 Å². The van der Waals surface area contributed by atoms with E-state index >= 15 is 0 Å². The lowest BCUT2D eigenvalue weighted by molar-refractivity contribution is 0.235. The third-order valence-corrected chi connectivity index (χ3v) is 5.44. The van der Waals surface area contributed by atoms with Gasteiger partial charge in [-0.1, -0.05) is 66.7 Å². The zero-order chi connectivity index (χ0) is 20.1. The van der Waals surface area contributed by atoms with E-state index in [1.54, 1.807) is 0 Å². The van der Waals surface area contributed by atoms with Crippen LogP contribution in [-0.4, -0.2) is 37.2 Å². The van der Waals surface area contributed by atoms with Crippen LogP contribution < -0.4 is 9.64 Å². The molecule has 0 atom stereocenters. The first-order valence-corrected chi connectivity index (χ1v) is 10.6. The fourth-order valence-electron chi connectivity index (χ4n) is 4.02. The molecule has 0 radical (unpaired) electrons. The molecule has 3 aromatic rings. The highest BCUT2D eigenvalue weighted by Gasteiger charge is 2.20. The molecule has 1 fully saturated rings. The van der Waals surface area contributed by atoms with Gasteiger partial charge in [-0.15, -0.1) is 0 Å². The molecule has 0 aromatic heterocycles. The normalized spacial score (nSPS) is 14.9. The number of piperazine rings is 1. The number of rotatable bonds is 6. The van der Waals surface area contributed by atoms with Crippen LogP contribution in [0.25, 0.3) is 11.1 Å². The fraction of sp³-hybridized carbons (Fsp3) is 0.308. The van der Waals surface area contributed by atoms with Crippen LogP contribution in [0.1, 0.15) is 19.4 Å². The van der Waals surface area contributed by atoms with Crippen LogP contribution in [0, 0.1) is 0 Å². The molecule has 3 aromatic carbocycles. The van der Waals surface area contributed by atoms with Crippen molar-refractivity contribution in [1.29, 1.82) is 0 Å². The van der Waals surface area contributed by atoms with Crippen LogP contribution in [0.2, 0.25) is 0 Å². The Balaban J connectivity index is 1.43. The number of nitrogens with zero attached hydrogens (tertiary/aromatic N) is 2. The maximum absolute atomic E-state index is 6.03. The van der Waals surface area contributed by atoms with Crippen molar-refractivity contribution in [2.24, 2.45) is 0 Å². The molecule has 0 saturated carbocycles. The Hall–Kier alpha value is -2.78. The third-order valence-electron chi connectivity index (χ3n) is 5.44. The summed E-state index contributed by atoms with van der Waals surface area (Å²) in [6.45, 7) is 9.30. The Morgan fingerprint density at radius 1 is 0.759 bits per heavy atom. The van der Waals surface area contributed by atoms with Gasteiger partial charge in [0.25, 0.3) is 0 Å². The maximum Gasteiger partial charge on any atom is 0.142 e. The summed E-state index contributed by atoms with van der Waals surface area (Å²) in [5.74, 6) is 0.991. The highest BCUT2D eigenvalue weighted by atomic mass is 16.5. The molecule has 1 aliphatic heterocycles. The molecule has 1 saturated heterocycles. The van der Waals surface area contributed by atoms with Crippen molar-refractivity contribution in [3.8, 4) is 16.9 Å². The molecule has 4 rings (SSSR count). The van der Waals surface area contributed by atoms with Gasteiger partial charge in [0.05, 0.1) is 11.8 Å². The van der Waals surface area contributed by atoms with Crippen molar-refractivity contribution in [2.45, 2.75) is 26.5 Å². The number of ether oxygens (including phenoxy) is 1. The Bertz CT molecular complexity index is 915. The zero-order valence-electron chi connectivity index (χ0n) is 17.4. The number of benzene rings is 3. The van der Waals surface area contributed by atoms with Gasteiger partial charge >= 0.3 is 0 Å². The van der Waals surface area contributed by atoms with Crippen LogP contribution in [0.5, 0.6) is 5.75 Å². The van der Waals surface area contributed by atoms with E-state index in [4.69, 9.17) is 4.74 Å². The highest BCUT2D eigenvalue weighted by molar-refractivity contribution is 5.67. The van der Waals surface area contributed by atoms with E-state index in [9.17, 15) is 0 Å². The van der Waals surface area contributed by atoms with Gasteiger partial charge in [-0.05, 0) is 42.7 Å². The highest BCUT2D eigenvalue weighted by Crippen LogP contribution is 2.30. The number of hydrogen-bond donors (Lipinski definition) is 0. The average Bonchev–Trinajstić information content (AvgIpc) is 2.75. The van der Waals surface area contributed by atoms with Gasteiger partial charge in [0, 0.05) is 32.7 Å². The van der Waals surface area contributed by atoms with Gasteiger partial charge in [-0.25, -0.2) is 0 Å². The minimum Gasteiger partial charge on any atom is -0.489 e. The number of anilines is 1. The summed E-state index contributed by atoms with van der Waals surface area (Å²) in [6.07, 6.45) is 0.187. The number of para-hydroxylation sites is 2. The number of hydrogen-bond acceptors (Lipinski definition) is 3. The summed E-state index contributed by atoms with van der Waals surface area (Å²) >= 11 is 0. The van der Waals surface area contributed by atoms with Crippen molar-refractivity contribution in [2.75, 3.05) is 31.1 Å². The van der Waals surface area contributed by atoms with Crippen molar-refractivity contribution in [1.82, 2.24) is 4.90 Å². The minimum atomic E-state index is 0.187. The molecule has 0 unspecified atom stereocenters. The molecule has 150 valence electrons.